The second kappa shape index (κ2) is 17.4. The summed E-state index contributed by atoms with van der Waals surface area (Å²) < 4.78 is 0. The molecule has 0 amide bonds. The minimum Gasteiger partial charge on any atom is -0.309 e. The lowest BCUT2D eigenvalue weighted by Gasteiger charge is -2.36. The molecule has 0 saturated heterocycles. The van der Waals surface area contributed by atoms with Gasteiger partial charge in [-0.1, -0.05) is 226 Å². The first-order valence-electron chi connectivity index (χ1n) is 24.0. The highest BCUT2D eigenvalue weighted by Gasteiger charge is 2.45. The molecule has 10 aromatic rings. The molecule has 1 saturated carbocycles. The van der Waals surface area contributed by atoms with Crippen LogP contribution in [0.3, 0.4) is 0 Å². The van der Waals surface area contributed by atoms with Crippen molar-refractivity contribution >= 4 is 17.1 Å². The van der Waals surface area contributed by atoms with Gasteiger partial charge in [0.15, 0.2) is 0 Å². The van der Waals surface area contributed by atoms with Gasteiger partial charge in [0.25, 0.3) is 0 Å². The van der Waals surface area contributed by atoms with Gasteiger partial charge in [-0.15, -0.1) is 0 Å². The average Bonchev–Trinajstić information content (AvgIpc) is 3.68. The van der Waals surface area contributed by atoms with Crippen LogP contribution in [-0.2, 0) is 5.41 Å². The zero-order valence-corrected chi connectivity index (χ0v) is 37.7. The number of anilines is 3. The van der Waals surface area contributed by atoms with E-state index in [1.807, 2.05) is 0 Å². The second-order valence-corrected chi connectivity index (χ2v) is 18.3. The van der Waals surface area contributed by atoms with Crippen molar-refractivity contribution in [2.45, 2.75) is 37.5 Å². The highest BCUT2D eigenvalue weighted by Crippen LogP contribution is 2.59. The molecule has 1 fully saturated rings. The van der Waals surface area contributed by atoms with Gasteiger partial charge in [-0.05, 0) is 133 Å². The van der Waals surface area contributed by atoms with Crippen molar-refractivity contribution in [2.75, 3.05) is 4.90 Å². The summed E-state index contributed by atoms with van der Waals surface area (Å²) >= 11 is 0. The Morgan fingerprint density at radius 1 is 0.269 bits per heavy atom. The lowest BCUT2D eigenvalue weighted by Crippen LogP contribution is -2.28. The maximum atomic E-state index is 2.56. The van der Waals surface area contributed by atoms with Crippen molar-refractivity contribution < 1.29 is 0 Å². The monoisotopic (exact) mass is 857 g/mol. The van der Waals surface area contributed by atoms with Crippen molar-refractivity contribution in [3.63, 3.8) is 0 Å². The van der Waals surface area contributed by atoms with Gasteiger partial charge in [0, 0.05) is 22.2 Å². The van der Waals surface area contributed by atoms with Crippen molar-refractivity contribution in [2.24, 2.45) is 0 Å². The first kappa shape index (κ1) is 40.5. The molecular weight excluding hydrogens is 807 g/mol. The van der Waals surface area contributed by atoms with Gasteiger partial charge in [0.1, 0.15) is 0 Å². The molecule has 1 nitrogen and oxygen atoms in total. The number of hydrogen-bond donors (Lipinski definition) is 0. The Kier molecular flexibility index (Phi) is 10.5. The number of benzene rings is 10. The van der Waals surface area contributed by atoms with Crippen molar-refractivity contribution in [1.29, 1.82) is 0 Å². The molecule has 0 atom stereocenters. The van der Waals surface area contributed by atoms with E-state index >= 15 is 0 Å². The molecule has 0 bridgehead atoms. The zero-order valence-electron chi connectivity index (χ0n) is 37.7. The standard InChI is InChI=1S/C66H51N/c1-5-22-47(23-6-1)51-44-52(48-24-7-2-8-25-48)46-53(45-51)49-38-40-54(41-39-49)67(64-37-21-35-62-65(64)60-33-15-17-34-61(60)66(62)42-19-4-20-43-66)63-36-18-16-32-59(63)58-31-14-13-30-57(58)56-29-12-11-28-55(56)50-26-9-3-10-27-50/h1-3,5-18,21-41,44-46H,4,19-20,42-43H2. The van der Waals surface area contributed by atoms with Crippen LogP contribution >= 0.6 is 0 Å². The van der Waals surface area contributed by atoms with Gasteiger partial charge in [0.2, 0.25) is 0 Å². The molecule has 320 valence electrons. The molecule has 1 spiro atoms. The first-order chi connectivity index (χ1) is 33.2. The van der Waals surface area contributed by atoms with Crippen molar-refractivity contribution in [1.82, 2.24) is 0 Å². The van der Waals surface area contributed by atoms with Gasteiger partial charge in [-0.2, -0.15) is 0 Å². The van der Waals surface area contributed by atoms with Crippen molar-refractivity contribution in [3.05, 3.63) is 260 Å². The van der Waals surface area contributed by atoms with E-state index < -0.39 is 0 Å². The number of rotatable bonds is 9. The number of para-hydroxylation sites is 1. The molecule has 0 aromatic heterocycles. The molecule has 0 aliphatic heterocycles. The minimum absolute atomic E-state index is 0.0310. The molecule has 10 aromatic carbocycles. The summed E-state index contributed by atoms with van der Waals surface area (Å²) in [5.74, 6) is 0. The molecule has 0 unspecified atom stereocenters. The predicted octanol–water partition coefficient (Wildman–Crippen LogP) is 18.4. The highest BCUT2D eigenvalue weighted by molar-refractivity contribution is 6.01. The summed E-state index contributed by atoms with van der Waals surface area (Å²) in [5, 5.41) is 0. The Bertz CT molecular complexity index is 3300. The van der Waals surface area contributed by atoms with Gasteiger partial charge in [-0.3, -0.25) is 0 Å². The first-order valence-corrected chi connectivity index (χ1v) is 24.0. The predicted molar refractivity (Wildman–Crippen MR) is 283 cm³/mol. The average molecular weight is 858 g/mol. The van der Waals surface area contributed by atoms with Gasteiger partial charge in [-0.25, -0.2) is 0 Å². The van der Waals surface area contributed by atoms with Crippen LogP contribution in [0.5, 0.6) is 0 Å². The number of fused-ring (bicyclic) bond motifs is 5. The van der Waals surface area contributed by atoms with Crippen LogP contribution < -0.4 is 4.90 Å². The van der Waals surface area contributed by atoms with E-state index in [-0.39, 0.29) is 5.41 Å². The maximum Gasteiger partial charge on any atom is 0.0543 e. The van der Waals surface area contributed by atoms with Crippen molar-refractivity contribution in [3.8, 4) is 77.9 Å². The van der Waals surface area contributed by atoms with E-state index in [2.05, 4.69) is 254 Å². The summed E-state index contributed by atoms with van der Waals surface area (Å²) in [7, 11) is 0. The largest absolute Gasteiger partial charge is 0.309 e. The van der Waals surface area contributed by atoms with Crippen LogP contribution in [0.15, 0.2) is 249 Å². The fourth-order valence-electron chi connectivity index (χ4n) is 11.4. The normalized spacial score (nSPS) is 13.5. The van der Waals surface area contributed by atoms with Crippen LogP contribution in [-0.4, -0.2) is 0 Å². The Balaban J connectivity index is 1.06. The lowest BCUT2D eigenvalue weighted by atomic mass is 9.68. The maximum absolute atomic E-state index is 2.56. The third-order valence-corrected chi connectivity index (χ3v) is 14.5. The molecule has 2 aliphatic carbocycles. The number of hydrogen-bond acceptors (Lipinski definition) is 1. The topological polar surface area (TPSA) is 3.24 Å². The van der Waals surface area contributed by atoms with Crippen LogP contribution in [0.4, 0.5) is 17.1 Å². The van der Waals surface area contributed by atoms with E-state index in [9.17, 15) is 0 Å². The fourth-order valence-corrected chi connectivity index (χ4v) is 11.4. The van der Waals surface area contributed by atoms with Crippen LogP contribution in [0, 0.1) is 0 Å². The molecule has 0 N–H and O–H groups in total. The van der Waals surface area contributed by atoms with E-state index in [0.717, 1.165) is 11.4 Å². The summed E-state index contributed by atoms with van der Waals surface area (Å²) in [6.07, 6.45) is 6.19. The lowest BCUT2D eigenvalue weighted by molar-refractivity contribution is 0.353. The Morgan fingerprint density at radius 2 is 0.687 bits per heavy atom. The third kappa shape index (κ3) is 7.29. The summed E-state index contributed by atoms with van der Waals surface area (Å²) in [4.78, 5) is 2.56. The SMILES string of the molecule is c1ccc(-c2cc(-c3ccccc3)cc(-c3ccc(N(c4ccccc4-c4ccccc4-c4ccccc4-c4ccccc4)c4cccc5c4-c4ccccc4C54CCCCC4)cc3)c2)cc1. The number of nitrogens with zero attached hydrogens (tertiary/aromatic N) is 1. The minimum atomic E-state index is 0.0310. The van der Waals surface area contributed by atoms with Gasteiger partial charge in [0.05, 0.1) is 11.4 Å². The summed E-state index contributed by atoms with van der Waals surface area (Å²) in [5.41, 5.74) is 23.7. The van der Waals surface area contributed by atoms with E-state index in [1.54, 1.807) is 0 Å². The Labute approximate surface area is 395 Å². The molecule has 12 rings (SSSR count). The van der Waals surface area contributed by atoms with Gasteiger partial charge >= 0.3 is 0 Å². The molecule has 67 heavy (non-hydrogen) atoms. The van der Waals surface area contributed by atoms with E-state index in [4.69, 9.17) is 0 Å². The third-order valence-electron chi connectivity index (χ3n) is 14.5. The highest BCUT2D eigenvalue weighted by atomic mass is 15.1. The second-order valence-electron chi connectivity index (χ2n) is 18.3. The van der Waals surface area contributed by atoms with Crippen LogP contribution in [0.25, 0.3) is 77.9 Å². The van der Waals surface area contributed by atoms with Crippen LogP contribution in [0.2, 0.25) is 0 Å². The summed E-state index contributed by atoms with van der Waals surface area (Å²) in [6.45, 7) is 0. The molecule has 2 aliphatic rings. The fraction of sp³-hybridized carbons (Fsp3) is 0.0909. The Hall–Kier alpha value is -8.00. The smallest absolute Gasteiger partial charge is 0.0543 e. The molecule has 1 heteroatoms. The van der Waals surface area contributed by atoms with E-state index in [1.165, 1.54) is 127 Å². The quantitative estimate of drug-likeness (QED) is 0.140. The summed E-state index contributed by atoms with van der Waals surface area (Å²) in [6, 6.07) is 92.0. The zero-order chi connectivity index (χ0) is 44.6. The van der Waals surface area contributed by atoms with Gasteiger partial charge < -0.3 is 4.90 Å². The Morgan fingerprint density at radius 3 is 1.28 bits per heavy atom. The molecule has 0 radical (unpaired) electrons. The molecule has 0 heterocycles. The molecular formula is C66H51N. The van der Waals surface area contributed by atoms with E-state index in [0.29, 0.717) is 0 Å². The van der Waals surface area contributed by atoms with Crippen LogP contribution in [0.1, 0.15) is 43.2 Å².